The molecule has 1 fully saturated rings. The third-order valence-electron chi connectivity index (χ3n) is 6.57. The number of hydrogen-bond acceptors (Lipinski definition) is 8. The van der Waals surface area contributed by atoms with Gasteiger partial charge in [0.25, 0.3) is 5.56 Å². The quantitative estimate of drug-likeness (QED) is 0.460. The lowest BCUT2D eigenvalue weighted by Crippen LogP contribution is -2.40. The Hall–Kier alpha value is -3.37. The van der Waals surface area contributed by atoms with Gasteiger partial charge in [0, 0.05) is 57.8 Å². The van der Waals surface area contributed by atoms with Gasteiger partial charge in [-0.15, -0.1) is 0 Å². The summed E-state index contributed by atoms with van der Waals surface area (Å²) in [6.07, 6.45) is 2.95. The third kappa shape index (κ3) is 5.97. The smallest absolute Gasteiger partial charge is 0.293 e. The van der Waals surface area contributed by atoms with Crippen LogP contribution in [0.5, 0.6) is 5.75 Å². The van der Waals surface area contributed by atoms with Gasteiger partial charge in [-0.3, -0.25) is 9.59 Å². The van der Waals surface area contributed by atoms with Crippen molar-refractivity contribution in [2.45, 2.75) is 25.9 Å². The Morgan fingerprint density at radius 3 is 2.68 bits per heavy atom. The second-order valence-corrected chi connectivity index (χ2v) is 10.0. The minimum atomic E-state index is -0.185. The van der Waals surface area contributed by atoms with Crippen LogP contribution in [0.4, 0.5) is 17.5 Å². The van der Waals surface area contributed by atoms with Crippen molar-refractivity contribution in [2.24, 2.45) is 13.0 Å². The van der Waals surface area contributed by atoms with E-state index in [1.165, 1.54) is 0 Å². The fourth-order valence-electron chi connectivity index (χ4n) is 4.59. The van der Waals surface area contributed by atoms with Crippen LogP contribution in [0.2, 0.25) is 5.02 Å². The molecule has 0 spiro atoms. The van der Waals surface area contributed by atoms with Crippen molar-refractivity contribution in [1.29, 1.82) is 0 Å². The number of aryl methyl sites for hydroxylation is 1. The van der Waals surface area contributed by atoms with Gasteiger partial charge in [-0.05, 0) is 51.1 Å². The number of hydrogen-bond donors (Lipinski definition) is 2. The molecule has 0 aliphatic carbocycles. The lowest BCUT2D eigenvalue weighted by molar-refractivity contribution is -0.133. The molecule has 2 N–H and O–H groups in total. The summed E-state index contributed by atoms with van der Waals surface area (Å²) in [6.45, 7) is 3.94. The molecule has 1 aromatic carbocycles. The summed E-state index contributed by atoms with van der Waals surface area (Å²) < 4.78 is 7.47. The molecule has 1 aliphatic rings. The van der Waals surface area contributed by atoms with Gasteiger partial charge < -0.3 is 29.7 Å². The Bertz CT molecular complexity index is 1340. The number of carbonyl (C=O) groups is 1. The van der Waals surface area contributed by atoms with E-state index in [0.29, 0.717) is 42.2 Å². The SMILES string of the molecule is CNC[C@@H](C)Oc1cc2cc(Nc3nc(N4CCC(C(=O)N(C)C)CC4)ncc3Cl)ccc2n(C)c1=O. The number of carbonyl (C=O) groups excluding carboxylic acids is 1. The van der Waals surface area contributed by atoms with E-state index in [-0.39, 0.29) is 23.5 Å². The summed E-state index contributed by atoms with van der Waals surface area (Å²) in [5.74, 6) is 1.55. The number of piperidine rings is 1. The topological polar surface area (TPSA) is 105 Å². The number of rotatable bonds is 8. The number of nitrogens with zero attached hydrogens (tertiary/aromatic N) is 5. The highest BCUT2D eigenvalue weighted by molar-refractivity contribution is 6.32. The summed E-state index contributed by atoms with van der Waals surface area (Å²) >= 11 is 6.43. The molecule has 1 amide bonds. The van der Waals surface area contributed by atoms with Crippen LogP contribution >= 0.6 is 11.6 Å². The van der Waals surface area contributed by atoms with Crippen molar-refractivity contribution in [2.75, 3.05) is 51.0 Å². The number of aromatic nitrogens is 3. The molecule has 1 saturated heterocycles. The fourth-order valence-corrected chi connectivity index (χ4v) is 4.73. The number of pyridine rings is 1. The van der Waals surface area contributed by atoms with E-state index in [9.17, 15) is 9.59 Å². The van der Waals surface area contributed by atoms with Crippen LogP contribution in [-0.2, 0) is 11.8 Å². The highest BCUT2D eigenvalue weighted by Crippen LogP contribution is 2.29. The minimum absolute atomic E-state index is 0.0276. The summed E-state index contributed by atoms with van der Waals surface area (Å²) in [4.78, 5) is 37.9. The number of amides is 1. The zero-order valence-corrected chi connectivity index (χ0v) is 22.7. The van der Waals surface area contributed by atoms with Gasteiger partial charge in [0.1, 0.15) is 11.1 Å². The Morgan fingerprint density at radius 1 is 1.27 bits per heavy atom. The molecule has 1 aliphatic heterocycles. The number of anilines is 3. The molecule has 0 unspecified atom stereocenters. The van der Waals surface area contributed by atoms with Gasteiger partial charge >= 0.3 is 0 Å². The molecule has 37 heavy (non-hydrogen) atoms. The van der Waals surface area contributed by atoms with E-state index in [0.717, 1.165) is 29.4 Å². The molecule has 4 rings (SSSR count). The molecule has 10 nitrogen and oxygen atoms in total. The molecule has 198 valence electrons. The van der Waals surface area contributed by atoms with Crippen molar-refractivity contribution < 1.29 is 9.53 Å². The van der Waals surface area contributed by atoms with Crippen molar-refractivity contribution in [3.8, 4) is 5.75 Å². The van der Waals surface area contributed by atoms with Crippen LogP contribution in [0.1, 0.15) is 19.8 Å². The summed E-state index contributed by atoms with van der Waals surface area (Å²) in [5, 5.41) is 7.58. The van der Waals surface area contributed by atoms with E-state index in [1.807, 2.05) is 32.2 Å². The number of likely N-dealkylation sites (N-methyl/N-ethyl adjacent to an activating group) is 1. The lowest BCUT2D eigenvalue weighted by Gasteiger charge is -2.32. The van der Waals surface area contributed by atoms with E-state index in [2.05, 4.69) is 25.5 Å². The van der Waals surface area contributed by atoms with Crippen LogP contribution in [0.3, 0.4) is 0 Å². The first-order chi connectivity index (χ1) is 17.7. The first-order valence-electron chi connectivity index (χ1n) is 12.4. The molecule has 2 aromatic heterocycles. The predicted molar refractivity (Wildman–Crippen MR) is 147 cm³/mol. The Morgan fingerprint density at radius 2 is 2.00 bits per heavy atom. The van der Waals surface area contributed by atoms with Gasteiger partial charge in [-0.2, -0.15) is 4.98 Å². The van der Waals surface area contributed by atoms with Crippen LogP contribution < -0.4 is 25.8 Å². The molecular formula is C26H34ClN7O3. The number of fused-ring (bicyclic) bond motifs is 1. The highest BCUT2D eigenvalue weighted by atomic mass is 35.5. The van der Waals surface area contributed by atoms with Crippen molar-refractivity contribution >= 4 is 45.9 Å². The summed E-state index contributed by atoms with van der Waals surface area (Å²) in [5.41, 5.74) is 1.37. The molecular weight excluding hydrogens is 494 g/mol. The minimum Gasteiger partial charge on any atom is -0.484 e. The van der Waals surface area contributed by atoms with E-state index < -0.39 is 0 Å². The van der Waals surface area contributed by atoms with Crippen molar-refractivity contribution in [3.05, 3.63) is 45.8 Å². The van der Waals surface area contributed by atoms with Crippen LogP contribution in [0, 0.1) is 5.92 Å². The van der Waals surface area contributed by atoms with Gasteiger partial charge in [-0.25, -0.2) is 4.98 Å². The van der Waals surface area contributed by atoms with E-state index in [1.54, 1.807) is 42.9 Å². The van der Waals surface area contributed by atoms with Crippen LogP contribution in [0.25, 0.3) is 10.9 Å². The van der Waals surface area contributed by atoms with Gasteiger partial charge in [0.15, 0.2) is 11.6 Å². The van der Waals surface area contributed by atoms with Gasteiger partial charge in [0.05, 0.1) is 11.7 Å². The number of benzene rings is 1. The average molecular weight is 528 g/mol. The molecule has 11 heteroatoms. The standard InChI is InChI=1S/C26H34ClN7O3/c1-16(14-28-2)37-22-13-18-12-19(6-7-21(18)33(5)25(22)36)30-23-20(27)15-29-26(31-23)34-10-8-17(9-11-34)24(35)32(3)4/h6-7,12-13,15-17,28H,8-11,14H2,1-5H3,(H,29,30,31)/t16-/m1/s1. The number of halogens is 1. The van der Waals surface area contributed by atoms with E-state index in [4.69, 9.17) is 16.3 Å². The largest absolute Gasteiger partial charge is 0.484 e. The first-order valence-corrected chi connectivity index (χ1v) is 12.8. The van der Waals surface area contributed by atoms with Gasteiger partial charge in [0.2, 0.25) is 11.9 Å². The highest BCUT2D eigenvalue weighted by Gasteiger charge is 2.27. The van der Waals surface area contributed by atoms with Crippen LogP contribution in [0.15, 0.2) is 35.3 Å². The lowest BCUT2D eigenvalue weighted by atomic mass is 9.96. The molecule has 0 radical (unpaired) electrons. The molecule has 1 atom stereocenters. The van der Waals surface area contributed by atoms with Gasteiger partial charge in [-0.1, -0.05) is 11.6 Å². The zero-order valence-electron chi connectivity index (χ0n) is 21.9. The average Bonchev–Trinajstić information content (AvgIpc) is 2.88. The molecule has 3 aromatic rings. The fraction of sp³-hybridized carbons (Fsp3) is 0.462. The van der Waals surface area contributed by atoms with E-state index >= 15 is 0 Å². The summed E-state index contributed by atoms with van der Waals surface area (Å²) in [7, 11) is 7.16. The zero-order chi connectivity index (χ0) is 26.7. The Labute approximate surface area is 221 Å². The Kier molecular flexibility index (Phi) is 8.19. The second kappa shape index (κ2) is 11.4. The number of ether oxygens (including phenoxy) is 1. The molecule has 0 saturated carbocycles. The molecule has 0 bridgehead atoms. The maximum Gasteiger partial charge on any atom is 0.293 e. The Balaban J connectivity index is 1.55. The monoisotopic (exact) mass is 527 g/mol. The third-order valence-corrected chi connectivity index (χ3v) is 6.85. The number of nitrogens with one attached hydrogen (secondary N) is 2. The van der Waals surface area contributed by atoms with Crippen LogP contribution in [-0.4, -0.2) is 72.2 Å². The summed E-state index contributed by atoms with van der Waals surface area (Å²) in [6, 6.07) is 7.45. The maximum absolute atomic E-state index is 12.8. The first kappa shape index (κ1) is 26.7. The molecule has 3 heterocycles. The van der Waals surface area contributed by atoms with Crippen molar-refractivity contribution in [3.63, 3.8) is 0 Å². The second-order valence-electron chi connectivity index (χ2n) is 9.62. The normalized spacial score (nSPS) is 15.0. The van der Waals surface area contributed by atoms with Crippen molar-refractivity contribution in [1.82, 2.24) is 24.8 Å². The predicted octanol–water partition coefficient (Wildman–Crippen LogP) is 3.02. The maximum atomic E-state index is 12.8.